The van der Waals surface area contributed by atoms with E-state index >= 15 is 0 Å². The number of benzene rings is 1. The van der Waals surface area contributed by atoms with Gasteiger partial charge in [0.2, 0.25) is 0 Å². The molecule has 3 rings (SSSR count). The van der Waals surface area contributed by atoms with Gasteiger partial charge in [-0.25, -0.2) is 4.68 Å². The van der Waals surface area contributed by atoms with E-state index in [-0.39, 0.29) is 11.2 Å². The van der Waals surface area contributed by atoms with E-state index in [0.717, 1.165) is 31.6 Å². The van der Waals surface area contributed by atoms with Crippen molar-refractivity contribution in [1.29, 1.82) is 0 Å². The largest absolute Gasteiger partial charge is 0.316 e. The molecular formula is C15H18N4O. The Morgan fingerprint density at radius 2 is 2.20 bits per heavy atom. The summed E-state index contributed by atoms with van der Waals surface area (Å²) in [4.78, 5) is 12.9. The van der Waals surface area contributed by atoms with Crippen molar-refractivity contribution in [3.63, 3.8) is 0 Å². The summed E-state index contributed by atoms with van der Waals surface area (Å²) >= 11 is 0. The van der Waals surface area contributed by atoms with Crippen LogP contribution in [0.1, 0.15) is 30.3 Å². The van der Waals surface area contributed by atoms with Crippen LogP contribution in [0.4, 0.5) is 0 Å². The maximum atomic E-state index is 12.9. The molecule has 1 atom stereocenters. The summed E-state index contributed by atoms with van der Waals surface area (Å²) in [5.41, 5.74) is 1.13. The molecule has 1 saturated heterocycles. The molecule has 0 amide bonds. The number of ketones is 1. The predicted molar refractivity (Wildman–Crippen MR) is 75.9 cm³/mol. The van der Waals surface area contributed by atoms with Crippen molar-refractivity contribution in [2.45, 2.75) is 19.8 Å². The van der Waals surface area contributed by atoms with Gasteiger partial charge in [0.25, 0.3) is 0 Å². The van der Waals surface area contributed by atoms with E-state index < -0.39 is 0 Å². The zero-order chi connectivity index (χ0) is 14.0. The topological polar surface area (TPSA) is 59.8 Å². The highest BCUT2D eigenvalue weighted by atomic mass is 16.1. The van der Waals surface area contributed by atoms with Gasteiger partial charge in [-0.3, -0.25) is 4.79 Å². The van der Waals surface area contributed by atoms with E-state index in [9.17, 15) is 4.79 Å². The lowest BCUT2D eigenvalue weighted by Crippen LogP contribution is -2.34. The summed E-state index contributed by atoms with van der Waals surface area (Å²) in [6.07, 6.45) is 3.28. The Labute approximate surface area is 118 Å². The van der Waals surface area contributed by atoms with Gasteiger partial charge in [-0.05, 0) is 31.5 Å². The Morgan fingerprint density at radius 1 is 1.40 bits per heavy atom. The molecule has 104 valence electrons. The summed E-state index contributed by atoms with van der Waals surface area (Å²) in [5.74, 6) is 0.138. The van der Waals surface area contributed by atoms with Gasteiger partial charge in [0, 0.05) is 12.0 Å². The Balaban J connectivity index is 2.00. The number of para-hydroxylation sites is 1. The second-order valence-electron chi connectivity index (χ2n) is 5.26. The molecule has 1 aliphatic rings. The van der Waals surface area contributed by atoms with Crippen molar-refractivity contribution in [2.75, 3.05) is 13.1 Å². The van der Waals surface area contributed by atoms with Crippen molar-refractivity contribution in [3.05, 3.63) is 42.2 Å². The van der Waals surface area contributed by atoms with Gasteiger partial charge in [-0.2, -0.15) is 0 Å². The van der Waals surface area contributed by atoms with Crippen LogP contribution in [-0.2, 0) is 0 Å². The molecule has 1 N–H and O–H groups in total. The van der Waals surface area contributed by atoms with E-state index in [1.807, 2.05) is 30.3 Å². The number of hydrogen-bond acceptors (Lipinski definition) is 4. The lowest BCUT2D eigenvalue weighted by Gasteiger charge is -2.24. The standard InChI is InChI=1S/C15H18N4O/c1-2-15(8-9-16-11-15)14(20)13-10-17-18-19(13)12-6-4-3-5-7-12/h3-7,10,16H,2,8-9,11H2,1H3. The van der Waals surface area contributed by atoms with Gasteiger partial charge in [0.15, 0.2) is 5.78 Å². The zero-order valence-corrected chi connectivity index (χ0v) is 11.5. The second kappa shape index (κ2) is 5.17. The van der Waals surface area contributed by atoms with E-state index in [1.165, 1.54) is 0 Å². The molecule has 1 aromatic carbocycles. The number of hydrogen-bond donors (Lipinski definition) is 1. The van der Waals surface area contributed by atoms with E-state index in [2.05, 4.69) is 22.6 Å². The van der Waals surface area contributed by atoms with Crippen LogP contribution in [0.3, 0.4) is 0 Å². The van der Waals surface area contributed by atoms with E-state index in [0.29, 0.717) is 5.69 Å². The van der Waals surface area contributed by atoms with Gasteiger partial charge in [0.05, 0.1) is 11.9 Å². The third-order valence-corrected chi connectivity index (χ3v) is 4.18. The molecule has 0 bridgehead atoms. The first-order chi connectivity index (χ1) is 9.77. The summed E-state index contributed by atoms with van der Waals surface area (Å²) in [5, 5.41) is 11.3. The van der Waals surface area contributed by atoms with Crippen molar-refractivity contribution >= 4 is 5.78 Å². The van der Waals surface area contributed by atoms with Crippen LogP contribution < -0.4 is 5.32 Å². The van der Waals surface area contributed by atoms with Crippen molar-refractivity contribution < 1.29 is 4.79 Å². The molecule has 2 heterocycles. The average Bonchev–Trinajstić information content (AvgIpc) is 3.17. The van der Waals surface area contributed by atoms with Crippen LogP contribution in [-0.4, -0.2) is 33.9 Å². The summed E-state index contributed by atoms with van der Waals surface area (Å²) in [7, 11) is 0. The zero-order valence-electron chi connectivity index (χ0n) is 11.5. The molecule has 5 nitrogen and oxygen atoms in total. The summed E-state index contributed by atoms with van der Waals surface area (Å²) < 4.78 is 1.64. The quantitative estimate of drug-likeness (QED) is 0.861. The molecule has 2 aromatic rings. The first-order valence-electron chi connectivity index (χ1n) is 6.98. The van der Waals surface area contributed by atoms with Crippen molar-refractivity contribution in [2.24, 2.45) is 5.41 Å². The Kier molecular flexibility index (Phi) is 3.36. The SMILES string of the molecule is CCC1(C(=O)c2cnnn2-c2ccccc2)CCNC1. The van der Waals surface area contributed by atoms with Gasteiger partial charge in [-0.1, -0.05) is 30.3 Å². The lowest BCUT2D eigenvalue weighted by atomic mass is 9.79. The number of rotatable bonds is 4. The Morgan fingerprint density at radius 3 is 2.85 bits per heavy atom. The first kappa shape index (κ1) is 13.0. The maximum Gasteiger partial charge on any atom is 0.190 e. The van der Waals surface area contributed by atoms with E-state index in [1.54, 1.807) is 10.9 Å². The number of carbonyl (C=O) groups is 1. The van der Waals surface area contributed by atoms with Crippen molar-refractivity contribution in [3.8, 4) is 5.69 Å². The number of carbonyl (C=O) groups excluding carboxylic acids is 1. The predicted octanol–water partition coefficient (Wildman–Crippen LogP) is 1.84. The number of aromatic nitrogens is 3. The minimum atomic E-state index is -0.311. The van der Waals surface area contributed by atoms with Crippen molar-refractivity contribution in [1.82, 2.24) is 20.3 Å². The van der Waals surface area contributed by atoms with Crippen LogP contribution in [0.15, 0.2) is 36.5 Å². The Bertz CT molecular complexity index is 599. The fourth-order valence-corrected chi connectivity index (χ4v) is 2.82. The normalized spacial score (nSPS) is 22.1. The first-order valence-corrected chi connectivity index (χ1v) is 6.98. The lowest BCUT2D eigenvalue weighted by molar-refractivity contribution is 0.0801. The minimum absolute atomic E-state index is 0.138. The summed E-state index contributed by atoms with van der Waals surface area (Å²) in [6, 6.07) is 9.65. The monoisotopic (exact) mass is 270 g/mol. The fourth-order valence-electron chi connectivity index (χ4n) is 2.82. The fraction of sp³-hybridized carbons (Fsp3) is 0.400. The molecule has 1 fully saturated rings. The highest BCUT2D eigenvalue weighted by molar-refractivity contribution is 5.99. The van der Waals surface area contributed by atoms with Gasteiger partial charge < -0.3 is 5.32 Å². The molecule has 1 aromatic heterocycles. The number of Topliss-reactive ketones (excluding diaryl/α,β-unsaturated/α-hetero) is 1. The van der Waals surface area contributed by atoms with Crippen LogP contribution in [0.5, 0.6) is 0 Å². The maximum absolute atomic E-state index is 12.9. The number of nitrogens with zero attached hydrogens (tertiary/aromatic N) is 3. The highest BCUT2D eigenvalue weighted by Gasteiger charge is 2.41. The molecule has 0 radical (unpaired) electrons. The van der Waals surface area contributed by atoms with Crippen LogP contribution >= 0.6 is 0 Å². The highest BCUT2D eigenvalue weighted by Crippen LogP contribution is 2.33. The number of nitrogens with one attached hydrogen (secondary N) is 1. The average molecular weight is 270 g/mol. The molecule has 1 unspecified atom stereocenters. The van der Waals surface area contributed by atoms with Crippen LogP contribution in [0.25, 0.3) is 5.69 Å². The third kappa shape index (κ3) is 2.04. The smallest absolute Gasteiger partial charge is 0.190 e. The van der Waals surface area contributed by atoms with Gasteiger partial charge in [0.1, 0.15) is 5.69 Å². The van der Waals surface area contributed by atoms with Crippen LogP contribution in [0.2, 0.25) is 0 Å². The molecule has 1 aliphatic heterocycles. The molecule has 0 saturated carbocycles. The Hall–Kier alpha value is -2.01. The van der Waals surface area contributed by atoms with Crippen LogP contribution in [0, 0.1) is 5.41 Å². The van der Waals surface area contributed by atoms with Gasteiger partial charge in [-0.15, -0.1) is 5.10 Å². The molecule has 5 heteroatoms. The molecular weight excluding hydrogens is 252 g/mol. The third-order valence-electron chi connectivity index (χ3n) is 4.18. The molecule has 0 aliphatic carbocycles. The molecule has 0 spiro atoms. The summed E-state index contributed by atoms with van der Waals surface area (Å²) in [6.45, 7) is 3.70. The molecule has 20 heavy (non-hydrogen) atoms. The minimum Gasteiger partial charge on any atom is -0.316 e. The second-order valence-corrected chi connectivity index (χ2v) is 5.26. The van der Waals surface area contributed by atoms with E-state index in [4.69, 9.17) is 0 Å². The van der Waals surface area contributed by atoms with Gasteiger partial charge >= 0.3 is 0 Å².